The highest BCUT2D eigenvalue weighted by molar-refractivity contribution is 6.39. The van der Waals surface area contributed by atoms with Crippen LogP contribution in [0.2, 0.25) is 0 Å². The van der Waals surface area contributed by atoms with Gasteiger partial charge in [-0.1, -0.05) is 77.3 Å². The molecule has 0 spiro atoms. The molecule has 0 bridgehead atoms. The molecule has 4 aromatic rings. The predicted molar refractivity (Wildman–Crippen MR) is 275 cm³/mol. The second kappa shape index (κ2) is 31.2. The molecule has 0 aliphatic heterocycles. The fourth-order valence-corrected chi connectivity index (χ4v) is 10.1. The Morgan fingerprint density at radius 2 is 0.742 bits per heavy atom. The lowest BCUT2D eigenvalue weighted by Gasteiger charge is -2.59. The summed E-state index contributed by atoms with van der Waals surface area (Å²) in [6.45, 7) is 9.92. The number of ether oxygens (including phenoxy) is 3. The fourth-order valence-electron chi connectivity index (χ4n) is 10.1. The Hall–Kier alpha value is -5.50. The number of halogens is 24. The SMILES string of the molecule is CCCCCCCCCC[N+](C(CC)OCC)(C(CC)OCC)C(CC)(OCC)c1c(OB(Oc2cc(C(F)(F)F)cc(C(F)(F)F)c2)Oc2cc(C(F)(F)F)cc(C(F)(F)F)c2)cc(C(F)(F)F)cc1C(F)(F)F.FC(F)(F)c1c[c-]cc(C(F)(F)F)c1. The number of hydrogen-bond acceptors (Lipinski definition) is 6. The molecule has 3 atom stereocenters. The molecular weight excluding hydrogens is 1260 g/mol. The van der Waals surface area contributed by atoms with Crippen molar-refractivity contribution in [2.75, 3.05) is 26.4 Å². The summed E-state index contributed by atoms with van der Waals surface area (Å²) in [4.78, 5) is 0. The van der Waals surface area contributed by atoms with Crippen molar-refractivity contribution in [1.82, 2.24) is 0 Å². The summed E-state index contributed by atoms with van der Waals surface area (Å²) in [6.07, 6.45) is -41.3. The maximum atomic E-state index is 16.1. The summed E-state index contributed by atoms with van der Waals surface area (Å²) in [5.41, 5.74) is -19.6. The molecule has 3 unspecified atom stereocenters. The van der Waals surface area contributed by atoms with Gasteiger partial charge in [-0.05, 0) is 82.1 Å². The Labute approximate surface area is 497 Å². The van der Waals surface area contributed by atoms with Crippen LogP contribution in [0.15, 0.2) is 66.7 Å². The third kappa shape index (κ3) is 21.0. The molecule has 0 fully saturated rings. The van der Waals surface area contributed by atoms with E-state index < -0.39 is 172 Å². The van der Waals surface area contributed by atoms with Crippen LogP contribution in [0.5, 0.6) is 17.2 Å². The molecule has 0 saturated carbocycles. The third-order valence-corrected chi connectivity index (χ3v) is 13.7. The molecule has 0 amide bonds. The van der Waals surface area contributed by atoms with E-state index >= 15 is 26.3 Å². The van der Waals surface area contributed by atoms with Gasteiger partial charge in [-0.3, -0.25) is 0 Å². The number of benzene rings is 4. The molecule has 0 radical (unpaired) electrons. The van der Waals surface area contributed by atoms with Crippen LogP contribution in [-0.2, 0) is 69.3 Å². The topological polar surface area (TPSA) is 55.4 Å². The van der Waals surface area contributed by atoms with Crippen molar-refractivity contribution in [3.63, 3.8) is 0 Å². The van der Waals surface area contributed by atoms with Gasteiger partial charge in [-0.25, -0.2) is 4.48 Å². The van der Waals surface area contributed by atoms with Crippen molar-refractivity contribution in [1.29, 1.82) is 0 Å². The minimum atomic E-state index is -5.86. The second-order valence-electron chi connectivity index (χ2n) is 19.9. The summed E-state index contributed by atoms with van der Waals surface area (Å²) in [5.74, 6) is -4.91. The molecule has 7 nitrogen and oxygen atoms in total. The quantitative estimate of drug-likeness (QED) is 0.0141. The van der Waals surface area contributed by atoms with Gasteiger partial charge in [0.2, 0.25) is 5.72 Å². The zero-order valence-corrected chi connectivity index (χ0v) is 48.7. The Morgan fingerprint density at radius 1 is 0.393 bits per heavy atom. The van der Waals surface area contributed by atoms with Gasteiger partial charge in [0.25, 0.3) is 0 Å². The van der Waals surface area contributed by atoms with E-state index in [2.05, 4.69) is 0 Å². The summed E-state index contributed by atoms with van der Waals surface area (Å²) in [5, 5.41) is 0. The summed E-state index contributed by atoms with van der Waals surface area (Å²) in [7, 11) is -3.42. The minimum Gasteiger partial charge on any atom is -0.490 e. The standard InChI is InChI=1S/C49H61BF18NO6.C8H3F6/c1-8-15-16-17-18-19-20-21-22-69(40(9-2)70-12-5,41(10-3)71-13-6)43(11-4,72-14-7)42-38(49(66,67)68)29-35(48(63,64)65)30-39(42)75-50(73-36-25-31(44(51,52)53)23-32(26-36)45(54,55)56)74-37-27-33(46(57,58)59)24-34(28-37)47(60,61)62;9-7(10,11)5-2-1-3-6(4-5)8(12,13)14/h23-30,40-41H,8-22H2,1-7H3;2-4H/q+1;-1. The summed E-state index contributed by atoms with van der Waals surface area (Å²) >= 11 is 0. The number of rotatable bonds is 28. The van der Waals surface area contributed by atoms with Crippen molar-refractivity contribution in [2.45, 2.75) is 187 Å². The first kappa shape index (κ1) is 77.7. The van der Waals surface area contributed by atoms with Crippen molar-refractivity contribution in [3.8, 4) is 17.2 Å². The molecule has 4 aromatic carbocycles. The Kier molecular flexibility index (Phi) is 27.3. The smallest absolute Gasteiger partial charge is 0.490 e. The first-order valence-corrected chi connectivity index (χ1v) is 27.7. The van der Waals surface area contributed by atoms with Crippen LogP contribution in [0, 0.1) is 6.07 Å². The lowest BCUT2D eigenvalue weighted by molar-refractivity contribution is -1.08. The highest BCUT2D eigenvalue weighted by Crippen LogP contribution is 2.55. The van der Waals surface area contributed by atoms with Crippen molar-refractivity contribution >= 4 is 7.32 Å². The summed E-state index contributed by atoms with van der Waals surface area (Å²) < 4.78 is 369. The average molecular weight is 1330 g/mol. The van der Waals surface area contributed by atoms with Gasteiger partial charge in [0.05, 0.1) is 65.3 Å². The maximum Gasteiger partial charge on any atom is 0.864 e. The molecule has 0 aromatic heterocycles. The number of alkyl halides is 24. The van der Waals surface area contributed by atoms with Gasteiger partial charge < -0.3 is 28.2 Å². The highest BCUT2D eigenvalue weighted by atomic mass is 19.4. The van der Waals surface area contributed by atoms with Gasteiger partial charge in [0.15, 0.2) is 12.5 Å². The monoisotopic (exact) mass is 1330 g/mol. The number of hydrogen-bond donors (Lipinski definition) is 0. The Balaban J connectivity index is 0.00000129. The first-order valence-electron chi connectivity index (χ1n) is 27.7. The van der Waals surface area contributed by atoms with Crippen molar-refractivity contribution in [3.05, 3.63) is 123 Å². The maximum absolute atomic E-state index is 16.1. The largest absolute Gasteiger partial charge is 0.864 e. The first-order chi connectivity index (χ1) is 40.8. The molecule has 504 valence electrons. The van der Waals surface area contributed by atoms with Crippen LogP contribution in [0.1, 0.15) is 169 Å². The van der Waals surface area contributed by atoms with Crippen LogP contribution in [0.25, 0.3) is 0 Å². The number of quaternary nitrogens is 1. The van der Waals surface area contributed by atoms with Gasteiger partial charge in [0, 0.05) is 19.3 Å². The van der Waals surface area contributed by atoms with Crippen LogP contribution in [0.4, 0.5) is 105 Å². The van der Waals surface area contributed by atoms with E-state index in [1.54, 1.807) is 33.8 Å². The summed E-state index contributed by atoms with van der Waals surface area (Å²) in [6, 6.07) is 0.919. The highest BCUT2D eigenvalue weighted by Gasteiger charge is 2.64. The van der Waals surface area contributed by atoms with Crippen LogP contribution in [0.3, 0.4) is 0 Å². The van der Waals surface area contributed by atoms with Gasteiger partial charge in [0.1, 0.15) is 17.2 Å². The molecule has 4 rings (SSSR count). The molecule has 0 heterocycles. The van der Waals surface area contributed by atoms with E-state index in [4.69, 9.17) is 28.2 Å². The van der Waals surface area contributed by atoms with Crippen LogP contribution >= 0.6 is 0 Å². The van der Waals surface area contributed by atoms with E-state index in [-0.39, 0.29) is 81.5 Å². The molecule has 89 heavy (non-hydrogen) atoms. The lowest BCUT2D eigenvalue weighted by atomic mass is 9.85. The van der Waals surface area contributed by atoms with E-state index in [1.807, 2.05) is 6.92 Å². The Bertz CT molecular complexity index is 2640. The van der Waals surface area contributed by atoms with Crippen molar-refractivity contribution in [2.24, 2.45) is 0 Å². The Morgan fingerprint density at radius 3 is 1.06 bits per heavy atom. The molecule has 0 N–H and O–H groups in total. The normalized spacial score (nSPS) is 15.1. The number of nitrogens with zero attached hydrogens (tertiary/aromatic N) is 1. The number of unbranched alkanes of at least 4 members (excludes halogenated alkanes) is 7. The molecular formula is C57H64BF24NO6. The van der Waals surface area contributed by atoms with E-state index in [9.17, 15) is 79.0 Å². The van der Waals surface area contributed by atoms with Crippen LogP contribution in [-0.4, -0.2) is 50.6 Å². The minimum absolute atomic E-state index is 0.0511. The third-order valence-electron chi connectivity index (χ3n) is 13.7. The van der Waals surface area contributed by atoms with Gasteiger partial charge >= 0.3 is 56.7 Å². The fraction of sp³-hybridized carbons (Fsp3) is 0.579. The average Bonchev–Trinajstić information content (AvgIpc) is 0.718. The predicted octanol–water partition coefficient (Wildman–Crippen LogP) is 20.9. The van der Waals surface area contributed by atoms with E-state index in [1.165, 1.54) is 13.8 Å². The molecule has 0 saturated heterocycles. The van der Waals surface area contributed by atoms with E-state index in [0.29, 0.717) is 25.0 Å². The van der Waals surface area contributed by atoms with E-state index in [0.717, 1.165) is 32.1 Å². The van der Waals surface area contributed by atoms with Crippen molar-refractivity contribution < 1.29 is 138 Å². The van der Waals surface area contributed by atoms with Crippen LogP contribution < -0.4 is 14.0 Å². The van der Waals surface area contributed by atoms with Gasteiger partial charge in [-0.15, -0.1) is 6.07 Å². The lowest BCUT2D eigenvalue weighted by Crippen LogP contribution is -2.74. The zero-order valence-electron chi connectivity index (χ0n) is 48.7. The molecule has 0 aliphatic carbocycles. The molecule has 32 heteroatoms. The second-order valence-corrected chi connectivity index (χ2v) is 19.9. The van der Waals surface area contributed by atoms with Gasteiger partial charge in [-0.2, -0.15) is 124 Å². The molecule has 0 aliphatic rings. The zero-order chi connectivity index (χ0) is 68.0.